The molecule has 3 rings (SSSR count). The van der Waals surface area contributed by atoms with Crippen molar-refractivity contribution in [1.82, 2.24) is 31.5 Å². The first-order chi connectivity index (χ1) is 36.1. The van der Waals surface area contributed by atoms with E-state index in [9.17, 15) is 43.8 Å². The van der Waals surface area contributed by atoms with E-state index in [1.54, 1.807) is 80.5 Å². The molecule has 0 aromatic heterocycles. The molecule has 0 aliphatic carbocycles. The Balaban J connectivity index is 2.40. The molecule has 9 N–H and O–H groups in total. The summed E-state index contributed by atoms with van der Waals surface area (Å²) in [6, 6.07) is 2.94. The van der Waals surface area contributed by atoms with Crippen molar-refractivity contribution < 1.29 is 81.7 Å². The highest BCUT2D eigenvalue weighted by Gasteiger charge is 2.36. The number of alkyl carbamates (subject to hydrolysis) is 3. The Morgan fingerprint density at radius 3 is 1.82 bits per heavy atom. The summed E-state index contributed by atoms with van der Waals surface area (Å²) in [7, 11) is 0.882. The number of rotatable bonds is 22. The zero-order valence-corrected chi connectivity index (χ0v) is 49.0. The van der Waals surface area contributed by atoms with E-state index >= 15 is 0 Å². The SMILES string of the molecule is COC(=O)[C@@H]1Cc2ccc(OC[C@H](O)CNC(=O)OC(C)(C)C)c(c2)-c2cc(cc(OC[C@H](O)CNC(=O)OC(C)(C)C)c2OCOCC[Si](C)(C)C)[C@H](N(C)C(=O)[C@@H](N)CCNC(=O)OC(C)(C)C)C(=O)N[C@@H](C)C(=O)N1. The predicted molar refractivity (Wildman–Crippen MR) is 291 cm³/mol. The first kappa shape index (κ1) is 65.9. The Kier molecular flexibility index (Phi) is 24.5. The van der Waals surface area contributed by atoms with Crippen LogP contribution in [0.4, 0.5) is 14.4 Å². The van der Waals surface area contributed by atoms with Gasteiger partial charge in [0.05, 0.1) is 26.2 Å². The number of esters is 1. The van der Waals surface area contributed by atoms with Gasteiger partial charge in [0, 0.05) is 45.8 Å². The molecule has 0 radical (unpaired) electrons. The van der Waals surface area contributed by atoms with Gasteiger partial charge in [-0.05, 0) is 117 Å². The maximum absolute atomic E-state index is 14.9. The van der Waals surface area contributed by atoms with Gasteiger partial charge in [-0.2, -0.15) is 0 Å². The van der Waals surface area contributed by atoms with Gasteiger partial charge >= 0.3 is 24.2 Å². The summed E-state index contributed by atoms with van der Waals surface area (Å²) in [5, 5.41) is 35.3. The van der Waals surface area contributed by atoms with E-state index in [-0.39, 0.29) is 73.2 Å². The third-order valence-corrected chi connectivity index (χ3v) is 12.8. The minimum absolute atomic E-state index is 0.0236. The van der Waals surface area contributed by atoms with Gasteiger partial charge in [-0.15, -0.1) is 0 Å². The molecule has 4 bridgehead atoms. The van der Waals surface area contributed by atoms with Crippen LogP contribution in [0.25, 0.3) is 11.1 Å². The monoisotopic (exact) mass is 1120 g/mol. The highest BCUT2D eigenvalue weighted by molar-refractivity contribution is 6.76. The molecule has 25 heteroatoms. The lowest BCUT2D eigenvalue weighted by Crippen LogP contribution is -2.54. The van der Waals surface area contributed by atoms with E-state index in [4.69, 9.17) is 43.6 Å². The Morgan fingerprint density at radius 2 is 1.29 bits per heavy atom. The fourth-order valence-corrected chi connectivity index (χ4v) is 8.03. The van der Waals surface area contributed by atoms with Crippen LogP contribution in [-0.2, 0) is 49.3 Å². The highest BCUT2D eigenvalue weighted by atomic mass is 28.3. The molecule has 438 valence electrons. The van der Waals surface area contributed by atoms with E-state index in [2.05, 4.69) is 46.2 Å². The molecule has 2 aromatic rings. The lowest BCUT2D eigenvalue weighted by molar-refractivity contribution is -0.145. The van der Waals surface area contributed by atoms with Crippen LogP contribution >= 0.6 is 0 Å². The molecule has 0 fully saturated rings. The summed E-state index contributed by atoms with van der Waals surface area (Å²) in [6.07, 6.45) is -5.22. The molecule has 2 aromatic carbocycles. The summed E-state index contributed by atoms with van der Waals surface area (Å²) in [5.41, 5.74) is 4.87. The molecule has 24 nitrogen and oxygen atoms in total. The van der Waals surface area contributed by atoms with Crippen molar-refractivity contribution in [3.05, 3.63) is 41.5 Å². The molecule has 1 aliphatic heterocycles. The second kappa shape index (κ2) is 29.0. The van der Waals surface area contributed by atoms with E-state index in [0.717, 1.165) is 18.1 Å². The summed E-state index contributed by atoms with van der Waals surface area (Å²) in [6.45, 7) is 21.5. The lowest BCUT2D eigenvalue weighted by atomic mass is 9.93. The van der Waals surface area contributed by atoms with Crippen LogP contribution in [0.15, 0.2) is 30.3 Å². The number of hydrogen-bond acceptors (Lipinski definition) is 18. The normalized spacial score (nSPS) is 17.3. The largest absolute Gasteiger partial charge is 0.490 e. The number of aliphatic hydroxyl groups excluding tert-OH is 2. The minimum Gasteiger partial charge on any atom is -0.490 e. The van der Waals surface area contributed by atoms with Crippen molar-refractivity contribution in [2.24, 2.45) is 5.73 Å². The molecular weight excluding hydrogens is 1030 g/mol. The quantitative estimate of drug-likeness (QED) is 0.0271. The number of nitrogens with two attached hydrogens (primary N) is 1. The average Bonchev–Trinajstić information content (AvgIpc) is 3.31. The van der Waals surface area contributed by atoms with Gasteiger partial charge in [0.15, 0.2) is 18.3 Å². The van der Waals surface area contributed by atoms with Crippen molar-refractivity contribution in [2.45, 2.75) is 161 Å². The van der Waals surface area contributed by atoms with Crippen LogP contribution in [0.1, 0.15) is 92.8 Å². The number of nitrogens with zero attached hydrogens (tertiary/aromatic N) is 1. The van der Waals surface area contributed by atoms with Crippen LogP contribution in [0.5, 0.6) is 17.2 Å². The van der Waals surface area contributed by atoms with Gasteiger partial charge in [0.2, 0.25) is 17.7 Å². The molecule has 1 aliphatic rings. The van der Waals surface area contributed by atoms with Crippen LogP contribution < -0.4 is 46.5 Å². The van der Waals surface area contributed by atoms with Gasteiger partial charge < -0.3 is 85.3 Å². The number of methoxy groups -OCH3 is 1. The molecular formula is C53H85N7O17Si. The fraction of sp³-hybridized carbons (Fsp3) is 0.642. The molecule has 0 saturated carbocycles. The molecule has 0 unspecified atom stereocenters. The first-order valence-electron chi connectivity index (χ1n) is 25.8. The number of hydrogen-bond donors (Lipinski definition) is 8. The van der Waals surface area contributed by atoms with Gasteiger partial charge in [-0.25, -0.2) is 19.2 Å². The summed E-state index contributed by atoms with van der Waals surface area (Å²) in [4.78, 5) is 95.2. The fourth-order valence-electron chi connectivity index (χ4n) is 7.27. The predicted octanol–water partition coefficient (Wildman–Crippen LogP) is 4.03. The van der Waals surface area contributed by atoms with Gasteiger partial charge in [-0.1, -0.05) is 25.7 Å². The van der Waals surface area contributed by atoms with Crippen molar-refractivity contribution in [3.63, 3.8) is 0 Å². The Bertz CT molecular complexity index is 2380. The first-order valence-corrected chi connectivity index (χ1v) is 29.5. The summed E-state index contributed by atoms with van der Waals surface area (Å²) >= 11 is 0. The van der Waals surface area contributed by atoms with Crippen molar-refractivity contribution in [3.8, 4) is 28.4 Å². The van der Waals surface area contributed by atoms with E-state index in [1.807, 2.05) is 0 Å². The van der Waals surface area contributed by atoms with E-state index in [1.165, 1.54) is 26.1 Å². The number of aliphatic hydroxyl groups is 2. The number of carbonyl (C=O) groups is 7. The van der Waals surface area contributed by atoms with Gasteiger partial charge in [0.25, 0.3) is 0 Å². The third-order valence-electron chi connectivity index (χ3n) is 11.1. The van der Waals surface area contributed by atoms with Crippen LogP contribution in [0, 0.1) is 0 Å². The molecule has 6 atom stereocenters. The highest BCUT2D eigenvalue weighted by Crippen LogP contribution is 2.46. The van der Waals surface area contributed by atoms with Crippen molar-refractivity contribution in [1.29, 1.82) is 0 Å². The molecule has 1 heterocycles. The Hall–Kier alpha value is -6.41. The molecule has 78 heavy (non-hydrogen) atoms. The number of benzene rings is 2. The number of nitrogens with one attached hydrogen (secondary N) is 5. The zero-order chi connectivity index (χ0) is 58.9. The smallest absolute Gasteiger partial charge is 0.407 e. The second-order valence-corrected chi connectivity index (χ2v) is 28.7. The van der Waals surface area contributed by atoms with Crippen LogP contribution in [0.3, 0.4) is 0 Å². The minimum atomic E-state index is -1.63. The molecule has 0 spiro atoms. The summed E-state index contributed by atoms with van der Waals surface area (Å²) in [5.74, 6) is -3.30. The number of carbonyl (C=O) groups excluding carboxylic acids is 7. The average molecular weight is 1120 g/mol. The van der Waals surface area contributed by atoms with Crippen LogP contribution in [-0.4, -0.2) is 173 Å². The summed E-state index contributed by atoms with van der Waals surface area (Å²) < 4.78 is 46.2. The second-order valence-electron chi connectivity index (χ2n) is 23.1. The number of amides is 6. The van der Waals surface area contributed by atoms with Crippen LogP contribution in [0.2, 0.25) is 25.7 Å². The van der Waals surface area contributed by atoms with E-state index < -0.39 is 116 Å². The van der Waals surface area contributed by atoms with Crippen molar-refractivity contribution in [2.75, 3.05) is 60.4 Å². The lowest BCUT2D eigenvalue weighted by Gasteiger charge is -2.32. The van der Waals surface area contributed by atoms with Crippen molar-refractivity contribution >= 4 is 50.0 Å². The Morgan fingerprint density at radius 1 is 0.756 bits per heavy atom. The third kappa shape index (κ3) is 23.3. The maximum atomic E-state index is 14.9. The molecule has 0 saturated heterocycles. The number of likely N-dealkylation sites (N-methyl/N-ethyl adjacent to an activating group) is 1. The number of ether oxygens (including phenoxy) is 8. The standard InChI is InChI=1S/C53H85N7O17Si/c1-31-44(63)59-39(47(66)70-12)23-32-16-17-40(72-28-34(61)26-56-49(68)76-52(5,6)7)36(22-32)37-24-33(42(45(64)58-31)60(11)46(65)38(54)18-19-55-48(67)75-51(2,3)4)25-41(43(37)74-30-71-20-21-78(13,14)15)73-29-35(62)27-57-50(69)77-53(8,9)10/h16-17,22,24-25,31,34-35,38-39,42,61-62H,18-21,23,26-30,54H2,1-15H3,(H,55,67)(H,56,68)(H,57,69)(H,58,64)(H,59,63)/t31-,34+,35+,38-,39-,42-/m0/s1. The van der Waals surface area contributed by atoms with Gasteiger partial charge in [-0.3, -0.25) is 14.4 Å². The topological polar surface area (TPSA) is 323 Å². The zero-order valence-electron chi connectivity index (χ0n) is 48.0. The number of fused-ring (bicyclic) bond motifs is 5. The Labute approximate surface area is 458 Å². The molecule has 6 amide bonds. The van der Waals surface area contributed by atoms with E-state index in [0.29, 0.717) is 12.2 Å². The maximum Gasteiger partial charge on any atom is 0.407 e. The van der Waals surface area contributed by atoms with Gasteiger partial charge in [0.1, 0.15) is 66.1 Å².